The van der Waals surface area contributed by atoms with Crippen molar-refractivity contribution in [3.05, 3.63) is 65.6 Å². The fourth-order valence-corrected chi connectivity index (χ4v) is 6.08. The average Bonchev–Trinajstić information content (AvgIpc) is 3.50. The maximum absolute atomic E-state index is 13.7. The van der Waals surface area contributed by atoms with Crippen molar-refractivity contribution in [2.75, 3.05) is 27.3 Å². The third-order valence-corrected chi connectivity index (χ3v) is 8.31. The van der Waals surface area contributed by atoms with Crippen molar-refractivity contribution in [1.29, 1.82) is 0 Å². The molecule has 4 heterocycles. The zero-order chi connectivity index (χ0) is 27.5. The number of benzene rings is 1. The second kappa shape index (κ2) is 8.83. The number of hydrogen-bond donors (Lipinski definition) is 2. The molecule has 2 aromatic heterocycles. The van der Waals surface area contributed by atoms with Gasteiger partial charge in [0, 0.05) is 30.9 Å². The molecule has 1 aromatic carbocycles. The minimum absolute atomic E-state index is 0.197. The highest BCUT2D eigenvalue weighted by Gasteiger charge is 2.52. The molecule has 0 saturated carbocycles. The Morgan fingerprint density at radius 2 is 1.82 bits per heavy atom. The molecule has 38 heavy (non-hydrogen) atoms. The van der Waals surface area contributed by atoms with Crippen molar-refractivity contribution < 1.29 is 18.0 Å². The molecule has 200 valence electrons. The van der Waals surface area contributed by atoms with Crippen LogP contribution in [0.3, 0.4) is 0 Å². The number of carbonyl (C=O) groups excluding carboxylic acids is 2. The van der Waals surface area contributed by atoms with E-state index in [0.717, 1.165) is 28.0 Å². The van der Waals surface area contributed by atoms with E-state index in [0.29, 0.717) is 30.3 Å². The number of rotatable bonds is 7. The van der Waals surface area contributed by atoms with Crippen molar-refractivity contribution >= 4 is 39.2 Å². The van der Waals surface area contributed by atoms with Crippen LogP contribution >= 0.6 is 0 Å². The van der Waals surface area contributed by atoms with Crippen molar-refractivity contribution in [2.24, 2.45) is 0 Å². The molecule has 0 atom stereocenters. The molecule has 0 spiro atoms. The van der Waals surface area contributed by atoms with E-state index in [1.807, 2.05) is 32.0 Å². The van der Waals surface area contributed by atoms with Gasteiger partial charge in [-0.2, -0.15) is 5.10 Å². The molecule has 0 bridgehead atoms. The summed E-state index contributed by atoms with van der Waals surface area (Å²) in [6, 6.07) is 10.2. The number of aromatic amines is 1. The first-order chi connectivity index (χ1) is 17.8. The third-order valence-electron chi connectivity index (χ3n) is 7.18. The average molecular weight is 538 g/mol. The van der Waals surface area contributed by atoms with Gasteiger partial charge in [0.15, 0.2) is 0 Å². The number of fused-ring (bicyclic) bond motifs is 1. The Morgan fingerprint density at radius 1 is 1.05 bits per heavy atom. The van der Waals surface area contributed by atoms with Crippen LogP contribution < -0.4 is 14.5 Å². The summed E-state index contributed by atoms with van der Waals surface area (Å²) < 4.78 is 26.3. The molecule has 1 saturated heterocycles. The number of amides is 3. The summed E-state index contributed by atoms with van der Waals surface area (Å²) >= 11 is 0. The van der Waals surface area contributed by atoms with Crippen LogP contribution in [0.1, 0.15) is 44.5 Å². The minimum Gasteiger partial charge on any atom is -0.364 e. The molecule has 0 radical (unpaired) electrons. The number of imide groups is 1. The standard InChI is InChI=1S/C26H31N7O4S/c1-25(2)16-32(38(5,36)37)21-13-19(6-7-20(21)25)33-23(34)26(3,4)31(24(33)35)15-17-8-10-27-22(12-17)28-14-18-9-11-29-30-18/h6-13H,14-16H2,1-5H3,(H,27,28)(H,29,30). The maximum atomic E-state index is 13.7. The summed E-state index contributed by atoms with van der Waals surface area (Å²) in [6.07, 6.45) is 4.49. The summed E-state index contributed by atoms with van der Waals surface area (Å²) in [5, 5.41) is 10.0. The highest BCUT2D eigenvalue weighted by atomic mass is 32.2. The lowest BCUT2D eigenvalue weighted by atomic mass is 9.87. The first-order valence-corrected chi connectivity index (χ1v) is 14.1. The second-order valence-electron chi connectivity index (χ2n) is 10.9. The van der Waals surface area contributed by atoms with E-state index in [2.05, 4.69) is 20.5 Å². The van der Waals surface area contributed by atoms with Crippen molar-refractivity contribution in [2.45, 2.75) is 51.7 Å². The Bertz CT molecular complexity index is 1520. The van der Waals surface area contributed by atoms with Crippen LogP contribution in [-0.4, -0.2) is 58.8 Å². The van der Waals surface area contributed by atoms with E-state index in [1.54, 1.807) is 44.4 Å². The van der Waals surface area contributed by atoms with Crippen molar-refractivity contribution in [1.82, 2.24) is 20.1 Å². The van der Waals surface area contributed by atoms with Crippen LogP contribution in [0.4, 0.5) is 22.0 Å². The van der Waals surface area contributed by atoms with Gasteiger partial charge in [0.1, 0.15) is 11.4 Å². The van der Waals surface area contributed by atoms with E-state index >= 15 is 0 Å². The highest BCUT2D eigenvalue weighted by molar-refractivity contribution is 7.92. The molecule has 1 fully saturated rings. The molecular formula is C26H31N7O4S. The van der Waals surface area contributed by atoms with E-state index in [-0.39, 0.29) is 12.5 Å². The molecule has 0 unspecified atom stereocenters. The van der Waals surface area contributed by atoms with Gasteiger partial charge < -0.3 is 10.2 Å². The van der Waals surface area contributed by atoms with Crippen molar-refractivity contribution in [3.63, 3.8) is 0 Å². The number of H-pyrrole nitrogens is 1. The lowest BCUT2D eigenvalue weighted by molar-refractivity contribution is -0.123. The predicted octanol–water partition coefficient (Wildman–Crippen LogP) is 3.22. The maximum Gasteiger partial charge on any atom is 0.332 e. The van der Waals surface area contributed by atoms with Crippen LogP contribution in [0.2, 0.25) is 0 Å². The number of sulfonamides is 1. The highest BCUT2D eigenvalue weighted by Crippen LogP contribution is 2.44. The lowest BCUT2D eigenvalue weighted by Crippen LogP contribution is -2.43. The zero-order valence-corrected chi connectivity index (χ0v) is 22.8. The summed E-state index contributed by atoms with van der Waals surface area (Å²) in [5.41, 5.74) is 1.90. The molecule has 0 aliphatic carbocycles. The fraction of sp³-hybridized carbons (Fsp3) is 0.385. The number of anilines is 3. The first-order valence-electron chi connectivity index (χ1n) is 12.2. The Hall–Kier alpha value is -3.93. The van der Waals surface area contributed by atoms with Gasteiger partial charge >= 0.3 is 6.03 Å². The molecule has 11 nitrogen and oxygen atoms in total. The first kappa shape index (κ1) is 25.7. The summed E-state index contributed by atoms with van der Waals surface area (Å²) in [6.45, 7) is 8.37. The monoisotopic (exact) mass is 537 g/mol. The van der Waals surface area contributed by atoms with Gasteiger partial charge in [-0.15, -0.1) is 0 Å². The molecule has 2 aliphatic heterocycles. The number of carbonyl (C=O) groups is 2. The van der Waals surface area contributed by atoms with Gasteiger partial charge in [0.25, 0.3) is 5.91 Å². The van der Waals surface area contributed by atoms with Crippen LogP contribution in [0, 0.1) is 0 Å². The predicted molar refractivity (Wildman–Crippen MR) is 144 cm³/mol. The van der Waals surface area contributed by atoms with Gasteiger partial charge in [0.2, 0.25) is 10.0 Å². The second-order valence-corrected chi connectivity index (χ2v) is 12.8. The number of pyridine rings is 1. The van der Waals surface area contributed by atoms with Gasteiger partial charge in [0.05, 0.1) is 29.9 Å². The molecule has 12 heteroatoms. The number of nitrogens with one attached hydrogen (secondary N) is 2. The van der Waals surface area contributed by atoms with E-state index in [4.69, 9.17) is 0 Å². The van der Waals surface area contributed by atoms with E-state index < -0.39 is 27.0 Å². The van der Waals surface area contributed by atoms with Gasteiger partial charge in [-0.1, -0.05) is 19.9 Å². The van der Waals surface area contributed by atoms with Crippen LogP contribution in [0.5, 0.6) is 0 Å². The van der Waals surface area contributed by atoms with Gasteiger partial charge in [-0.25, -0.2) is 23.1 Å². The van der Waals surface area contributed by atoms with Crippen molar-refractivity contribution in [3.8, 4) is 0 Å². The summed E-state index contributed by atoms with van der Waals surface area (Å²) in [4.78, 5) is 34.2. The Balaban J connectivity index is 1.42. The number of nitrogens with zero attached hydrogens (tertiary/aromatic N) is 5. The van der Waals surface area contributed by atoms with E-state index in [9.17, 15) is 18.0 Å². The molecule has 5 rings (SSSR count). The normalized spacial score (nSPS) is 18.3. The Labute approximate surface area is 221 Å². The quantitative estimate of drug-likeness (QED) is 0.442. The molecular weight excluding hydrogens is 506 g/mol. The smallest absolute Gasteiger partial charge is 0.332 e. The molecule has 2 N–H and O–H groups in total. The molecule has 3 aromatic rings. The van der Waals surface area contributed by atoms with Crippen LogP contribution in [0.25, 0.3) is 0 Å². The number of hydrogen-bond acceptors (Lipinski definition) is 7. The Morgan fingerprint density at radius 3 is 2.50 bits per heavy atom. The fourth-order valence-electron chi connectivity index (χ4n) is 5.01. The topological polar surface area (TPSA) is 132 Å². The lowest BCUT2D eigenvalue weighted by Gasteiger charge is -2.27. The number of aromatic nitrogens is 3. The van der Waals surface area contributed by atoms with E-state index in [1.165, 1.54) is 9.21 Å². The molecule has 3 amide bonds. The summed E-state index contributed by atoms with van der Waals surface area (Å²) in [5.74, 6) is 0.254. The zero-order valence-electron chi connectivity index (χ0n) is 22.0. The SMILES string of the molecule is CC1(C)CN(S(C)(=O)=O)c2cc(N3C(=O)N(Cc4ccnc(NCc5ccn[nH]5)c4)C(C)(C)C3=O)ccc21. The largest absolute Gasteiger partial charge is 0.364 e. The van der Waals surface area contributed by atoms with Gasteiger partial charge in [-0.05, 0) is 55.3 Å². The molecule has 2 aliphatic rings. The van der Waals surface area contributed by atoms with Crippen LogP contribution in [-0.2, 0) is 33.3 Å². The number of urea groups is 1. The third kappa shape index (κ3) is 4.38. The minimum atomic E-state index is -3.53. The Kier molecular flexibility index (Phi) is 5.97. The van der Waals surface area contributed by atoms with Crippen LogP contribution in [0.15, 0.2) is 48.8 Å². The van der Waals surface area contributed by atoms with Gasteiger partial charge in [-0.3, -0.25) is 14.2 Å². The summed E-state index contributed by atoms with van der Waals surface area (Å²) in [7, 11) is -3.53.